The van der Waals surface area contributed by atoms with E-state index in [-0.39, 0.29) is 59.8 Å². The second-order valence-electron chi connectivity index (χ2n) is 28.4. The zero-order valence-electron chi connectivity index (χ0n) is 62.8. The molecule has 13 rings (SSSR count). The minimum absolute atomic E-state index is 0. The van der Waals surface area contributed by atoms with Crippen LogP contribution in [-0.2, 0) is 0 Å². The Morgan fingerprint density at radius 3 is 0.798 bits per heavy atom. The summed E-state index contributed by atoms with van der Waals surface area (Å²) in [7, 11) is 3.55. The Kier molecular flexibility index (Phi) is 25.3. The molecule has 2 N–H and O–H groups in total. The van der Waals surface area contributed by atoms with E-state index in [0.717, 1.165) is 37.7 Å². The highest BCUT2D eigenvalue weighted by Gasteiger charge is 2.36. The average molecular weight is 1390 g/mol. The molecule has 8 atom stereocenters. The van der Waals surface area contributed by atoms with Crippen LogP contribution in [-0.4, -0.2) is 51.3 Å². The summed E-state index contributed by atoms with van der Waals surface area (Å²) in [6.07, 6.45) is 2.40. The van der Waals surface area contributed by atoms with Crippen LogP contribution in [0.15, 0.2) is 291 Å². The summed E-state index contributed by atoms with van der Waals surface area (Å²) < 4.78 is 14.5. The van der Waals surface area contributed by atoms with E-state index < -0.39 is 0 Å². The Balaban J connectivity index is 0.000000206. The molecule has 6 nitrogen and oxygen atoms in total. The van der Waals surface area contributed by atoms with Gasteiger partial charge in [-0.2, -0.15) is 0 Å². The van der Waals surface area contributed by atoms with E-state index in [1.54, 1.807) is 14.2 Å². The maximum Gasteiger partial charge on any atom is 0.244 e. The first-order valence-corrected chi connectivity index (χ1v) is 37.2. The fourth-order valence-corrected chi connectivity index (χ4v) is 15.6. The molecule has 0 saturated heterocycles. The monoisotopic (exact) mass is 1390 g/mol. The molecule has 530 valence electrons. The highest BCUT2D eigenvalue weighted by molar-refractivity contribution is 5.84. The van der Waals surface area contributed by atoms with Crippen molar-refractivity contribution in [2.24, 2.45) is 0 Å². The molecule has 0 unspecified atom stereocenters. The lowest BCUT2D eigenvalue weighted by Crippen LogP contribution is -3.00. The zero-order valence-corrected chi connectivity index (χ0v) is 63.6. The standard InChI is InChI=1S/C49H51N2O.C48H52N2O.ClH/c1-34-29-44(35(2)39-19-11-7-12-20-39)48(45(30-34)36(3)40-21-13-8-14-22-40)50-27-28-51(33-50)49-46(37(4)41-23-15-9-16-24-41)31-43(52-6)32-47(49)38(5)42-25-17-10-18-26-42;1-33-29-43(34(2)38-19-11-7-12-20-38)47(44(30-33)35(3)39-21-13-8-14-22-39)49-27-28-50-48-45(36(4)40-23-15-9-16-24-40)31-42(51-6)32-46(48)37(5)41-25-17-10-18-26-41;/h7-26,29-33,35-38H,27-28H2,1-6H3;7-26,29-32,34-37,49-50H,27-28H2,1-6H3;1H/q+1;;/p-1/t35-,36-,37-,38-;34-,35-,36-,37-;/m11./s1. The lowest BCUT2D eigenvalue weighted by Gasteiger charge is -2.27. The molecule has 1 aliphatic rings. The molecule has 12 aromatic carbocycles. The molecule has 0 aliphatic carbocycles. The van der Waals surface area contributed by atoms with Gasteiger partial charge in [0, 0.05) is 94.1 Å². The van der Waals surface area contributed by atoms with E-state index in [9.17, 15) is 0 Å². The molecular formula is C97H103ClN4O2. The number of methoxy groups -OCH3 is 2. The third-order valence-electron chi connectivity index (χ3n) is 21.7. The smallest absolute Gasteiger partial charge is 0.244 e. The maximum atomic E-state index is 6.02. The van der Waals surface area contributed by atoms with Gasteiger partial charge in [0.2, 0.25) is 6.34 Å². The van der Waals surface area contributed by atoms with E-state index in [0.29, 0.717) is 0 Å². The fourth-order valence-electron chi connectivity index (χ4n) is 15.6. The van der Waals surface area contributed by atoms with Crippen LogP contribution in [0.4, 0.5) is 22.7 Å². The first-order valence-electron chi connectivity index (χ1n) is 37.2. The summed E-state index contributed by atoms with van der Waals surface area (Å²) in [5.41, 5.74) is 28.5. The SMILES string of the molecule is COc1cc([C@H](C)c2ccccc2)c(N2C=[N+](c3c([C@H](C)c4ccccc4)cc(C)cc3[C@H](C)c3ccccc3)CC2)c([C@H](C)c2ccccc2)c1.COc1cc([C@H](C)c2ccccc2)c(NCCNc2c([C@H](C)c3ccccc3)cc(C)cc2[C@H](C)c2ccccc2)c([C@H](C)c2ccccc2)c1.[Cl-]. The van der Waals surface area contributed by atoms with Crippen LogP contribution in [0.5, 0.6) is 11.5 Å². The van der Waals surface area contributed by atoms with E-state index in [2.05, 4.69) is 387 Å². The van der Waals surface area contributed by atoms with Crippen molar-refractivity contribution in [3.05, 3.63) is 391 Å². The topological polar surface area (TPSA) is 48.8 Å². The summed E-state index contributed by atoms with van der Waals surface area (Å²) in [4.78, 5) is 2.52. The number of halogens is 1. The summed E-state index contributed by atoms with van der Waals surface area (Å²) in [6, 6.07) is 106. The molecular weight excluding hydrogens is 1290 g/mol. The third-order valence-corrected chi connectivity index (χ3v) is 21.7. The number of benzene rings is 12. The van der Waals surface area contributed by atoms with Crippen LogP contribution < -0.4 is 37.4 Å². The molecule has 0 saturated carbocycles. The van der Waals surface area contributed by atoms with Crippen molar-refractivity contribution in [1.29, 1.82) is 0 Å². The van der Waals surface area contributed by atoms with Crippen molar-refractivity contribution in [1.82, 2.24) is 0 Å². The highest BCUT2D eigenvalue weighted by atomic mass is 35.5. The quantitative estimate of drug-likeness (QED) is 0.0441. The maximum absolute atomic E-state index is 6.02. The van der Waals surface area contributed by atoms with Crippen molar-refractivity contribution >= 4 is 29.1 Å². The van der Waals surface area contributed by atoms with Gasteiger partial charge in [-0.25, -0.2) is 9.48 Å². The predicted molar refractivity (Wildman–Crippen MR) is 435 cm³/mol. The van der Waals surface area contributed by atoms with Gasteiger partial charge in [0.05, 0.1) is 14.2 Å². The van der Waals surface area contributed by atoms with Gasteiger partial charge in [-0.15, -0.1) is 0 Å². The lowest BCUT2D eigenvalue weighted by molar-refractivity contribution is -0.425. The van der Waals surface area contributed by atoms with Gasteiger partial charge in [-0.05, 0) is 105 Å². The molecule has 0 bridgehead atoms. The zero-order chi connectivity index (χ0) is 71.9. The number of rotatable bonds is 25. The van der Waals surface area contributed by atoms with Gasteiger partial charge in [0.25, 0.3) is 0 Å². The summed E-state index contributed by atoms with van der Waals surface area (Å²) in [5, 5.41) is 7.94. The number of anilines is 3. The number of nitrogens with one attached hydrogen (secondary N) is 2. The second kappa shape index (κ2) is 35.2. The summed E-state index contributed by atoms with van der Waals surface area (Å²) in [5.74, 6) is 3.38. The van der Waals surface area contributed by atoms with Gasteiger partial charge in [0.1, 0.15) is 36.0 Å². The Morgan fingerprint density at radius 1 is 0.317 bits per heavy atom. The Hall–Kier alpha value is -10.4. The first kappa shape index (κ1) is 74.8. The molecule has 1 aliphatic heterocycles. The van der Waals surface area contributed by atoms with Crippen molar-refractivity contribution in [3.63, 3.8) is 0 Å². The summed E-state index contributed by atoms with van der Waals surface area (Å²) in [6.45, 7) is 26.4. The molecule has 0 aromatic heterocycles. The molecule has 0 spiro atoms. The van der Waals surface area contributed by atoms with Crippen LogP contribution in [0.1, 0.15) is 203 Å². The van der Waals surface area contributed by atoms with Crippen molar-refractivity contribution in [2.45, 2.75) is 117 Å². The highest BCUT2D eigenvalue weighted by Crippen LogP contribution is 2.47. The Bertz CT molecular complexity index is 4480. The normalized spacial score (nSPS) is 14.2. The number of ether oxygens (including phenoxy) is 2. The average Bonchev–Trinajstić information content (AvgIpc) is 1.37. The largest absolute Gasteiger partial charge is 1.00 e. The second-order valence-corrected chi connectivity index (χ2v) is 28.4. The molecule has 0 radical (unpaired) electrons. The van der Waals surface area contributed by atoms with Crippen molar-refractivity contribution < 1.29 is 26.5 Å². The van der Waals surface area contributed by atoms with Gasteiger partial charge >= 0.3 is 0 Å². The summed E-state index contributed by atoms with van der Waals surface area (Å²) >= 11 is 0. The van der Waals surface area contributed by atoms with Gasteiger partial charge in [-0.3, -0.25) is 0 Å². The van der Waals surface area contributed by atoms with Crippen molar-refractivity contribution in [3.8, 4) is 11.5 Å². The molecule has 7 heteroatoms. The minimum Gasteiger partial charge on any atom is -1.00 e. The number of nitrogens with zero attached hydrogens (tertiary/aromatic N) is 2. The Morgan fingerprint density at radius 2 is 0.538 bits per heavy atom. The van der Waals surface area contributed by atoms with Crippen molar-refractivity contribution in [2.75, 3.05) is 55.9 Å². The lowest BCUT2D eigenvalue weighted by atomic mass is 9.84. The van der Waals surface area contributed by atoms with Crippen LogP contribution in [0.2, 0.25) is 0 Å². The van der Waals surface area contributed by atoms with Crippen LogP contribution in [0, 0.1) is 13.8 Å². The van der Waals surface area contributed by atoms with Gasteiger partial charge in [-0.1, -0.05) is 333 Å². The molecule has 104 heavy (non-hydrogen) atoms. The number of aryl methyl sites for hydroxylation is 2. The van der Waals surface area contributed by atoms with E-state index in [1.165, 1.54) is 123 Å². The van der Waals surface area contributed by atoms with E-state index >= 15 is 0 Å². The third kappa shape index (κ3) is 17.1. The molecule has 0 amide bonds. The Labute approximate surface area is 627 Å². The van der Waals surface area contributed by atoms with E-state index in [1.807, 2.05) is 0 Å². The first-order chi connectivity index (χ1) is 50.2. The number of hydrogen-bond acceptors (Lipinski definition) is 5. The van der Waals surface area contributed by atoms with Crippen LogP contribution in [0.25, 0.3) is 0 Å². The molecule has 1 heterocycles. The molecule has 12 aromatic rings. The number of hydrogen-bond donors (Lipinski definition) is 2. The molecule has 0 fully saturated rings. The predicted octanol–water partition coefficient (Wildman–Crippen LogP) is 20.9. The van der Waals surface area contributed by atoms with Gasteiger partial charge in [0.15, 0.2) is 0 Å². The van der Waals surface area contributed by atoms with Gasteiger partial charge < -0.3 is 32.5 Å². The minimum atomic E-state index is 0. The van der Waals surface area contributed by atoms with E-state index in [4.69, 9.17) is 9.47 Å². The fraction of sp³-hybridized carbons (Fsp3) is 0.247. The van der Waals surface area contributed by atoms with Crippen LogP contribution in [0.3, 0.4) is 0 Å². The van der Waals surface area contributed by atoms with Crippen LogP contribution >= 0.6 is 0 Å².